The predicted octanol–water partition coefficient (Wildman–Crippen LogP) is 14.8. The van der Waals surface area contributed by atoms with E-state index in [-0.39, 0.29) is 31.1 Å². The van der Waals surface area contributed by atoms with Gasteiger partial charge < -0.3 is 14.2 Å². The van der Waals surface area contributed by atoms with Crippen LogP contribution in [-0.4, -0.2) is 37.2 Å². The van der Waals surface area contributed by atoms with Gasteiger partial charge in [0.05, 0.1) is 0 Å². The third kappa shape index (κ3) is 41.1. The molecule has 6 heteroatoms. The first kappa shape index (κ1) is 51.9. The Morgan fingerprint density at radius 3 is 1.04 bits per heavy atom. The Labute approximate surface area is 334 Å². The van der Waals surface area contributed by atoms with Gasteiger partial charge in [0.2, 0.25) is 0 Å². The van der Waals surface area contributed by atoms with Gasteiger partial charge >= 0.3 is 17.9 Å². The molecule has 316 valence electrons. The van der Waals surface area contributed by atoms with Crippen LogP contribution in [0.5, 0.6) is 0 Å². The number of hydrogen-bond acceptors (Lipinski definition) is 6. The molecule has 0 aromatic carbocycles. The fourth-order valence-corrected chi connectivity index (χ4v) is 6.65. The van der Waals surface area contributed by atoms with Crippen LogP contribution in [-0.2, 0) is 28.6 Å². The van der Waals surface area contributed by atoms with Gasteiger partial charge in [-0.25, -0.2) is 0 Å². The highest BCUT2D eigenvalue weighted by Crippen LogP contribution is 2.15. The molecule has 0 aromatic heterocycles. The maximum atomic E-state index is 12.7. The normalized spacial score (nSPS) is 12.1. The molecule has 0 aliphatic heterocycles. The lowest BCUT2D eigenvalue weighted by molar-refractivity contribution is -0.167. The lowest BCUT2D eigenvalue weighted by Gasteiger charge is -2.18. The van der Waals surface area contributed by atoms with Crippen molar-refractivity contribution in [3.05, 3.63) is 24.3 Å². The minimum Gasteiger partial charge on any atom is -0.462 e. The van der Waals surface area contributed by atoms with Crippen molar-refractivity contribution in [2.75, 3.05) is 13.2 Å². The topological polar surface area (TPSA) is 78.9 Å². The zero-order valence-electron chi connectivity index (χ0n) is 36.0. The van der Waals surface area contributed by atoms with Crippen LogP contribution in [0.3, 0.4) is 0 Å². The SMILES string of the molecule is CCCC/C=C\C=C/CCCCCC(=O)OCC(COC(=O)CCCCCCCCCCCCCCC)OC(=O)CCCCCCCCCCCCCC. The summed E-state index contributed by atoms with van der Waals surface area (Å²) in [6.07, 6.45) is 47.3. The van der Waals surface area contributed by atoms with E-state index in [4.69, 9.17) is 14.2 Å². The van der Waals surface area contributed by atoms with Gasteiger partial charge in [0.15, 0.2) is 6.10 Å². The molecule has 6 nitrogen and oxygen atoms in total. The van der Waals surface area contributed by atoms with E-state index in [1.807, 2.05) is 0 Å². The van der Waals surface area contributed by atoms with Crippen molar-refractivity contribution in [1.82, 2.24) is 0 Å². The minimum atomic E-state index is -0.773. The van der Waals surface area contributed by atoms with Crippen molar-refractivity contribution in [3.8, 4) is 0 Å². The fourth-order valence-electron chi connectivity index (χ4n) is 6.65. The first-order valence-electron chi connectivity index (χ1n) is 23.4. The Hall–Kier alpha value is -2.11. The highest BCUT2D eigenvalue weighted by Gasteiger charge is 2.19. The van der Waals surface area contributed by atoms with Gasteiger partial charge in [0.1, 0.15) is 13.2 Å². The number of esters is 3. The summed E-state index contributed by atoms with van der Waals surface area (Å²) >= 11 is 0. The number of rotatable bonds is 42. The van der Waals surface area contributed by atoms with Crippen molar-refractivity contribution in [3.63, 3.8) is 0 Å². The Morgan fingerprint density at radius 2 is 0.667 bits per heavy atom. The van der Waals surface area contributed by atoms with Crippen LogP contribution in [0.25, 0.3) is 0 Å². The van der Waals surface area contributed by atoms with Crippen LogP contribution >= 0.6 is 0 Å². The first-order valence-corrected chi connectivity index (χ1v) is 23.4. The Balaban J connectivity index is 4.37. The van der Waals surface area contributed by atoms with E-state index in [1.54, 1.807) is 0 Å². The lowest BCUT2D eigenvalue weighted by atomic mass is 10.0. The predicted molar refractivity (Wildman–Crippen MR) is 229 cm³/mol. The number of allylic oxidation sites excluding steroid dienone is 4. The smallest absolute Gasteiger partial charge is 0.306 e. The van der Waals surface area contributed by atoms with Gasteiger partial charge in [-0.1, -0.05) is 212 Å². The van der Waals surface area contributed by atoms with Crippen molar-refractivity contribution < 1.29 is 28.6 Å². The number of carbonyl (C=O) groups excluding carboxylic acids is 3. The van der Waals surface area contributed by atoms with E-state index >= 15 is 0 Å². The van der Waals surface area contributed by atoms with E-state index in [0.29, 0.717) is 19.3 Å². The Bertz CT molecular complexity index is 880. The van der Waals surface area contributed by atoms with Crippen LogP contribution < -0.4 is 0 Å². The van der Waals surface area contributed by atoms with E-state index in [1.165, 1.54) is 135 Å². The number of hydrogen-bond donors (Lipinski definition) is 0. The van der Waals surface area contributed by atoms with E-state index in [0.717, 1.165) is 70.6 Å². The zero-order chi connectivity index (χ0) is 39.4. The van der Waals surface area contributed by atoms with Gasteiger partial charge in [0.25, 0.3) is 0 Å². The van der Waals surface area contributed by atoms with Crippen LogP contribution in [0, 0.1) is 0 Å². The molecule has 0 bridgehead atoms. The molecule has 0 rings (SSSR count). The number of unbranched alkanes of at least 4 members (excludes halogenated alkanes) is 28. The maximum Gasteiger partial charge on any atom is 0.306 e. The second-order valence-electron chi connectivity index (χ2n) is 15.7. The van der Waals surface area contributed by atoms with Crippen LogP contribution in [0.15, 0.2) is 24.3 Å². The van der Waals surface area contributed by atoms with Gasteiger partial charge in [-0.15, -0.1) is 0 Å². The van der Waals surface area contributed by atoms with Crippen molar-refractivity contribution in [1.29, 1.82) is 0 Å². The van der Waals surface area contributed by atoms with Crippen molar-refractivity contribution >= 4 is 17.9 Å². The third-order valence-electron chi connectivity index (χ3n) is 10.2. The van der Waals surface area contributed by atoms with Gasteiger partial charge in [-0.05, 0) is 38.5 Å². The molecule has 0 saturated carbocycles. The van der Waals surface area contributed by atoms with E-state index < -0.39 is 6.10 Å². The second-order valence-corrected chi connectivity index (χ2v) is 15.7. The second kappa shape index (κ2) is 43.6. The average molecular weight is 761 g/mol. The highest BCUT2D eigenvalue weighted by molar-refractivity contribution is 5.71. The summed E-state index contributed by atoms with van der Waals surface area (Å²) in [5.74, 6) is -0.898. The summed E-state index contributed by atoms with van der Waals surface area (Å²) in [5.41, 5.74) is 0. The average Bonchev–Trinajstić information content (AvgIpc) is 3.17. The summed E-state index contributed by atoms with van der Waals surface area (Å²) in [7, 11) is 0. The van der Waals surface area contributed by atoms with Crippen LogP contribution in [0.4, 0.5) is 0 Å². The zero-order valence-corrected chi connectivity index (χ0v) is 36.0. The molecule has 0 heterocycles. The largest absolute Gasteiger partial charge is 0.462 e. The first-order chi connectivity index (χ1) is 26.5. The summed E-state index contributed by atoms with van der Waals surface area (Å²) in [6, 6.07) is 0. The summed E-state index contributed by atoms with van der Waals surface area (Å²) in [6.45, 7) is 6.56. The lowest BCUT2D eigenvalue weighted by Crippen LogP contribution is -2.30. The summed E-state index contributed by atoms with van der Waals surface area (Å²) < 4.78 is 16.7. The molecule has 0 aliphatic carbocycles. The molecular formula is C48H88O6. The molecule has 0 N–H and O–H groups in total. The van der Waals surface area contributed by atoms with Crippen molar-refractivity contribution in [2.24, 2.45) is 0 Å². The van der Waals surface area contributed by atoms with E-state index in [2.05, 4.69) is 45.1 Å². The Kier molecular flexibility index (Phi) is 41.9. The standard InChI is InChI=1S/C48H88O6/c1-4-7-10-13-16-19-22-24-27-29-32-35-38-41-47(50)53-44-45(43-52-46(49)40-37-34-31-28-25-21-18-15-12-9-6-3)54-48(51)42-39-36-33-30-26-23-20-17-14-11-8-5-2/h15,18,21,25,45H,4-14,16-17,19-20,22-24,26-44H2,1-3H3/b18-15-,25-21-. The molecule has 1 unspecified atom stereocenters. The quantitative estimate of drug-likeness (QED) is 0.0267. The number of carbonyl (C=O) groups is 3. The molecular weight excluding hydrogens is 673 g/mol. The molecule has 1 atom stereocenters. The molecule has 0 spiro atoms. The molecule has 0 fully saturated rings. The monoisotopic (exact) mass is 761 g/mol. The summed E-state index contributed by atoms with van der Waals surface area (Å²) in [5, 5.41) is 0. The molecule has 0 aromatic rings. The van der Waals surface area contributed by atoms with Crippen molar-refractivity contribution in [2.45, 2.75) is 252 Å². The van der Waals surface area contributed by atoms with Gasteiger partial charge in [0, 0.05) is 19.3 Å². The molecule has 54 heavy (non-hydrogen) atoms. The van der Waals surface area contributed by atoms with Gasteiger partial charge in [-0.2, -0.15) is 0 Å². The molecule has 0 saturated heterocycles. The van der Waals surface area contributed by atoms with E-state index in [9.17, 15) is 14.4 Å². The van der Waals surface area contributed by atoms with Crippen LogP contribution in [0.1, 0.15) is 245 Å². The molecule has 0 amide bonds. The fraction of sp³-hybridized carbons (Fsp3) is 0.854. The maximum absolute atomic E-state index is 12.7. The van der Waals surface area contributed by atoms with Crippen LogP contribution in [0.2, 0.25) is 0 Å². The Morgan fingerprint density at radius 1 is 0.370 bits per heavy atom. The molecule has 0 radical (unpaired) electrons. The third-order valence-corrected chi connectivity index (χ3v) is 10.2. The number of ether oxygens (including phenoxy) is 3. The highest BCUT2D eigenvalue weighted by atomic mass is 16.6. The van der Waals surface area contributed by atoms with Gasteiger partial charge in [-0.3, -0.25) is 14.4 Å². The summed E-state index contributed by atoms with van der Waals surface area (Å²) in [4.78, 5) is 37.7. The minimum absolute atomic E-state index is 0.0754. The molecule has 0 aliphatic rings.